The van der Waals surface area contributed by atoms with Crippen LogP contribution in [0.1, 0.15) is 34.5 Å². The summed E-state index contributed by atoms with van der Waals surface area (Å²) in [6.45, 7) is -0.150. The zero-order chi connectivity index (χ0) is 35.3. The monoisotopic (exact) mass is 723 g/mol. The van der Waals surface area contributed by atoms with E-state index in [0.717, 1.165) is 53.8 Å². The van der Waals surface area contributed by atoms with Crippen LogP contribution < -0.4 is 5.32 Å². The van der Waals surface area contributed by atoms with Gasteiger partial charge in [-0.05, 0) is 61.7 Å². The van der Waals surface area contributed by atoms with Crippen LogP contribution in [0.5, 0.6) is 0 Å². The van der Waals surface area contributed by atoms with Crippen molar-refractivity contribution in [3.8, 4) is 0 Å². The van der Waals surface area contributed by atoms with Crippen LogP contribution >= 0.6 is 11.3 Å². The fourth-order valence-electron chi connectivity index (χ4n) is 5.52. The Hall–Kier alpha value is -4.03. The predicted octanol–water partition coefficient (Wildman–Crippen LogP) is 7.52. The number of hydrogen-bond acceptors (Lipinski definition) is 7. The van der Waals surface area contributed by atoms with Crippen LogP contribution in [0, 0.1) is 30.3 Å². The van der Waals surface area contributed by atoms with Crippen molar-refractivity contribution in [1.29, 1.82) is 0 Å². The molecule has 0 saturated heterocycles. The molecular formula is C30H22F9N3O4S2. The Morgan fingerprint density at radius 1 is 0.896 bits per heavy atom. The van der Waals surface area contributed by atoms with Crippen LogP contribution in [-0.4, -0.2) is 36.9 Å². The van der Waals surface area contributed by atoms with Gasteiger partial charge in [-0.2, -0.15) is 26.3 Å². The summed E-state index contributed by atoms with van der Waals surface area (Å²) >= 11 is 1.03. The van der Waals surface area contributed by atoms with Crippen molar-refractivity contribution in [1.82, 2.24) is 10.2 Å². The molecular weight excluding hydrogens is 701 g/mol. The third kappa shape index (κ3) is 6.04. The summed E-state index contributed by atoms with van der Waals surface area (Å²) in [7, 11) is -4.56. The molecule has 1 N–H and O–H groups in total. The number of sulfone groups is 1. The van der Waals surface area contributed by atoms with E-state index in [2.05, 4.69) is 20.3 Å². The molecule has 1 aliphatic rings. The van der Waals surface area contributed by atoms with Gasteiger partial charge in [0.1, 0.15) is 27.2 Å². The van der Waals surface area contributed by atoms with Crippen LogP contribution in [-0.2, 0) is 36.3 Å². The second kappa shape index (κ2) is 12.5. The molecule has 0 aliphatic heterocycles. The van der Waals surface area contributed by atoms with Crippen molar-refractivity contribution in [3.05, 3.63) is 106 Å². The lowest BCUT2D eigenvalue weighted by Crippen LogP contribution is -2.56. The lowest BCUT2D eigenvalue weighted by atomic mass is 9.69. The molecule has 48 heavy (non-hydrogen) atoms. The first-order valence-corrected chi connectivity index (χ1v) is 16.0. The van der Waals surface area contributed by atoms with E-state index < -0.39 is 97.3 Å². The molecule has 1 heterocycles. The van der Waals surface area contributed by atoms with Gasteiger partial charge < -0.3 is 10.1 Å². The maximum atomic E-state index is 14.4. The number of nitrogens with zero attached hydrogens (tertiary/aromatic N) is 2. The lowest BCUT2D eigenvalue weighted by Gasteiger charge is -2.46. The summed E-state index contributed by atoms with van der Waals surface area (Å²) in [5.41, 5.74) is -8.11. The summed E-state index contributed by atoms with van der Waals surface area (Å²) in [6, 6.07) is 7.83. The van der Waals surface area contributed by atoms with E-state index in [9.17, 15) is 52.7 Å². The molecule has 0 atom stereocenters. The van der Waals surface area contributed by atoms with Gasteiger partial charge in [0, 0.05) is 17.0 Å². The molecule has 18 heteroatoms. The number of benzene rings is 3. The molecule has 0 bridgehead atoms. The first kappa shape index (κ1) is 35.3. The molecule has 1 amide bonds. The number of carbonyl (C=O) groups is 1. The molecule has 1 fully saturated rings. The zero-order valence-electron chi connectivity index (χ0n) is 24.3. The smallest absolute Gasteiger partial charge is 0.349 e. The number of anilines is 1. The van der Waals surface area contributed by atoms with Crippen LogP contribution in [0.4, 0.5) is 44.6 Å². The van der Waals surface area contributed by atoms with Crippen LogP contribution in [0.2, 0.25) is 0 Å². The molecule has 0 spiro atoms. The second-order valence-corrected chi connectivity index (χ2v) is 14.4. The summed E-state index contributed by atoms with van der Waals surface area (Å²) in [5.74, 6) is -5.32. The molecule has 4 aromatic rings. The molecule has 5 rings (SSSR count). The highest BCUT2D eigenvalue weighted by molar-refractivity contribution is 7.92. The number of amides is 1. The van der Waals surface area contributed by atoms with E-state index in [0.29, 0.717) is 29.3 Å². The second-order valence-electron chi connectivity index (χ2n) is 10.9. The van der Waals surface area contributed by atoms with Gasteiger partial charge in [0.25, 0.3) is 5.60 Å². The van der Waals surface area contributed by atoms with Crippen molar-refractivity contribution < 1.29 is 57.5 Å². The Bertz CT molecular complexity index is 1890. The third-order valence-corrected chi connectivity index (χ3v) is 11.3. The Balaban J connectivity index is 1.56. The van der Waals surface area contributed by atoms with Crippen LogP contribution in [0.3, 0.4) is 0 Å². The first-order valence-electron chi connectivity index (χ1n) is 13.7. The highest BCUT2D eigenvalue weighted by atomic mass is 32.2. The van der Waals surface area contributed by atoms with Crippen molar-refractivity contribution in [2.75, 3.05) is 5.32 Å². The quantitative estimate of drug-likeness (QED) is 0.142. The largest absolute Gasteiger partial charge is 0.430 e. The van der Waals surface area contributed by atoms with E-state index in [-0.39, 0.29) is 10.7 Å². The van der Waals surface area contributed by atoms with E-state index in [1.54, 1.807) is 6.92 Å². The SMILES string of the molecule is Cc1nnc(NC(=O)[C@H]2C[C@@](c3ccc(C(OCc4c(F)cccc4F)(C(F)(F)F)C(F)(F)F)cc3)(S(=O)(=O)c3ccc(F)cc3)C2)s1. The fraction of sp³-hybridized carbons (Fsp3) is 0.300. The normalized spacial score (nSPS) is 18.8. The number of aromatic nitrogens is 2. The van der Waals surface area contributed by atoms with E-state index in [4.69, 9.17) is 0 Å². The maximum absolute atomic E-state index is 14.4. The van der Waals surface area contributed by atoms with E-state index in [1.165, 1.54) is 0 Å². The minimum absolute atomic E-state index is 0.117. The fourth-order valence-corrected chi connectivity index (χ4v) is 8.35. The van der Waals surface area contributed by atoms with Gasteiger partial charge in [0.15, 0.2) is 9.84 Å². The number of alkyl halides is 6. The lowest BCUT2D eigenvalue weighted by molar-refractivity contribution is -0.392. The molecule has 1 aliphatic carbocycles. The Labute approximate surface area is 270 Å². The maximum Gasteiger partial charge on any atom is 0.430 e. The van der Waals surface area contributed by atoms with Gasteiger partial charge in [-0.25, -0.2) is 21.6 Å². The number of aryl methyl sites for hydroxylation is 1. The van der Waals surface area contributed by atoms with Crippen molar-refractivity contribution >= 4 is 32.2 Å². The van der Waals surface area contributed by atoms with Crippen molar-refractivity contribution in [2.45, 2.75) is 54.0 Å². The minimum Gasteiger partial charge on any atom is -0.349 e. The number of hydrogen-bond donors (Lipinski definition) is 1. The number of nitrogens with one attached hydrogen (secondary N) is 1. The Morgan fingerprint density at radius 2 is 1.46 bits per heavy atom. The average molecular weight is 724 g/mol. The topological polar surface area (TPSA) is 98.2 Å². The summed E-state index contributed by atoms with van der Waals surface area (Å²) < 4.78 is 159. The van der Waals surface area contributed by atoms with Crippen LogP contribution in [0.15, 0.2) is 71.6 Å². The van der Waals surface area contributed by atoms with Gasteiger partial charge in [-0.3, -0.25) is 4.79 Å². The number of carbonyl (C=O) groups excluding carboxylic acids is 1. The number of halogens is 9. The third-order valence-electron chi connectivity index (χ3n) is 8.03. The average Bonchev–Trinajstić information content (AvgIpc) is 3.37. The van der Waals surface area contributed by atoms with Gasteiger partial charge >= 0.3 is 12.4 Å². The Kier molecular flexibility index (Phi) is 9.15. The molecule has 0 radical (unpaired) electrons. The van der Waals surface area contributed by atoms with Gasteiger partial charge in [-0.15, -0.1) is 10.2 Å². The van der Waals surface area contributed by atoms with Crippen molar-refractivity contribution in [3.63, 3.8) is 0 Å². The molecule has 0 unspecified atom stereocenters. The summed E-state index contributed by atoms with van der Waals surface area (Å²) in [5, 5.41) is 10.6. The minimum atomic E-state index is -6.23. The standard InChI is InChI=1S/C30H22F9N3O4S2/c1-16-41-42-26(47-16)40-25(43)17-13-27(14-17,48(44,45)21-11-9-20(31)10-12-21)18-5-7-19(8-6-18)28(29(34,35)36,30(37,38)39)46-15-22-23(32)3-2-4-24(22)33/h2-12,17H,13-15H2,1H3,(H,40,42,43)/t17-,27+. The summed E-state index contributed by atoms with van der Waals surface area (Å²) in [4.78, 5) is 12.5. The number of ether oxygens (including phenoxy) is 1. The highest BCUT2D eigenvalue weighted by Gasteiger charge is 2.73. The molecule has 256 valence electrons. The molecule has 7 nitrogen and oxygen atoms in total. The number of rotatable bonds is 9. The summed E-state index contributed by atoms with van der Waals surface area (Å²) in [6.07, 6.45) is -13.4. The van der Waals surface area contributed by atoms with Gasteiger partial charge in [-0.1, -0.05) is 41.7 Å². The molecule has 1 saturated carbocycles. The Morgan fingerprint density at radius 3 is 1.96 bits per heavy atom. The molecule has 1 aromatic heterocycles. The zero-order valence-corrected chi connectivity index (χ0v) is 25.9. The van der Waals surface area contributed by atoms with Gasteiger partial charge in [0.2, 0.25) is 11.0 Å². The van der Waals surface area contributed by atoms with Crippen LogP contribution in [0.25, 0.3) is 0 Å². The van der Waals surface area contributed by atoms with E-state index in [1.807, 2.05) is 0 Å². The highest BCUT2D eigenvalue weighted by Crippen LogP contribution is 2.56. The van der Waals surface area contributed by atoms with Crippen molar-refractivity contribution in [2.24, 2.45) is 5.92 Å². The predicted molar refractivity (Wildman–Crippen MR) is 153 cm³/mol. The first-order chi connectivity index (χ1) is 22.3. The van der Waals surface area contributed by atoms with Gasteiger partial charge in [0.05, 0.1) is 11.5 Å². The van der Waals surface area contributed by atoms with E-state index >= 15 is 0 Å². The molecule has 3 aromatic carbocycles.